The van der Waals surface area contributed by atoms with Gasteiger partial charge in [0, 0.05) is 62.9 Å². The minimum Gasteiger partial charge on any atom is -0.456 e. The Hall–Kier alpha value is -6.59. The predicted octanol–water partition coefficient (Wildman–Crippen LogP) is 11.8. The third kappa shape index (κ3) is 4.89. The summed E-state index contributed by atoms with van der Waals surface area (Å²) in [6.07, 6.45) is 0. The van der Waals surface area contributed by atoms with E-state index >= 15 is 0 Å². The van der Waals surface area contributed by atoms with Crippen molar-refractivity contribution >= 4 is 40.1 Å². The van der Waals surface area contributed by atoms with E-state index in [1.165, 1.54) is 0 Å². The van der Waals surface area contributed by atoms with E-state index in [9.17, 15) is 4.79 Å². The lowest BCUT2D eigenvalue weighted by Crippen LogP contribution is -2.33. The molecule has 7 aromatic carbocycles. The van der Waals surface area contributed by atoms with Crippen LogP contribution in [0.5, 0.6) is 11.5 Å². The summed E-state index contributed by atoms with van der Waals surface area (Å²) in [5, 5.41) is 0. The lowest BCUT2D eigenvalue weighted by molar-refractivity contribution is 0.0224. The third-order valence-corrected chi connectivity index (χ3v) is 9.94. The zero-order valence-electron chi connectivity index (χ0n) is 28.3. The van der Waals surface area contributed by atoms with Gasteiger partial charge in [0.15, 0.2) is 5.60 Å². The Balaban J connectivity index is 1.26. The van der Waals surface area contributed by atoms with Gasteiger partial charge in [-0.15, -0.1) is 0 Å². The van der Waals surface area contributed by atoms with E-state index in [1.54, 1.807) is 0 Å². The van der Waals surface area contributed by atoms with Gasteiger partial charge in [-0.3, -0.25) is 0 Å². The highest BCUT2D eigenvalue weighted by atomic mass is 16.6. The van der Waals surface area contributed by atoms with Crippen molar-refractivity contribution in [3.63, 3.8) is 0 Å². The first-order valence-corrected chi connectivity index (χ1v) is 17.1. The van der Waals surface area contributed by atoms with Crippen LogP contribution in [-0.4, -0.2) is 5.97 Å². The summed E-state index contributed by atoms with van der Waals surface area (Å²) in [5.74, 6) is 0.894. The standard InChI is InChI=1S/C46H34N2O3/c1-31-15-9-13-23-41(31)47(33-17-5-3-6-18-33)35-25-27-39-43(29-35)50-44-30-36(48(34-19-7-4-8-20-34)42-24-14-10-16-32(42)2)26-28-40(44)46(39)38-22-12-11-21-37(38)45(49)51-46/h3-30H,1-2H3. The molecule has 0 N–H and O–H groups in total. The van der Waals surface area contributed by atoms with E-state index in [4.69, 9.17) is 9.47 Å². The van der Waals surface area contributed by atoms with Crippen molar-refractivity contribution in [2.24, 2.45) is 0 Å². The van der Waals surface area contributed by atoms with Crippen LogP contribution >= 0.6 is 0 Å². The van der Waals surface area contributed by atoms with Gasteiger partial charge in [0.2, 0.25) is 0 Å². The van der Waals surface area contributed by atoms with Gasteiger partial charge in [-0.05, 0) is 91.7 Å². The zero-order chi connectivity index (χ0) is 34.5. The Kier molecular flexibility index (Phi) is 7.21. The van der Waals surface area contributed by atoms with Gasteiger partial charge in [0.25, 0.3) is 0 Å². The number of nitrogens with zero attached hydrogens (tertiary/aromatic N) is 2. The van der Waals surface area contributed by atoms with Gasteiger partial charge in [-0.25, -0.2) is 4.79 Å². The monoisotopic (exact) mass is 662 g/mol. The molecule has 2 heterocycles. The first kappa shape index (κ1) is 30.5. The van der Waals surface area contributed by atoms with Crippen LogP contribution < -0.4 is 14.5 Å². The summed E-state index contributed by atoms with van der Waals surface area (Å²) in [6.45, 7) is 4.24. The molecule has 5 heteroatoms. The molecule has 0 amide bonds. The smallest absolute Gasteiger partial charge is 0.340 e. The summed E-state index contributed by atoms with van der Waals surface area (Å²) in [7, 11) is 0. The molecule has 0 saturated carbocycles. The highest BCUT2D eigenvalue weighted by molar-refractivity contribution is 5.97. The van der Waals surface area contributed by atoms with Gasteiger partial charge < -0.3 is 19.3 Å². The number of anilines is 6. The molecule has 7 aromatic rings. The van der Waals surface area contributed by atoms with E-state index in [2.05, 4.69) is 133 Å². The number of hydrogen-bond acceptors (Lipinski definition) is 5. The molecule has 5 nitrogen and oxygen atoms in total. The molecule has 0 atom stereocenters. The number of fused-ring (bicyclic) bond motifs is 6. The van der Waals surface area contributed by atoms with Crippen LogP contribution in [0.1, 0.15) is 38.2 Å². The van der Waals surface area contributed by atoms with Gasteiger partial charge in [-0.2, -0.15) is 0 Å². The second-order valence-electron chi connectivity index (χ2n) is 13.0. The van der Waals surface area contributed by atoms with Crippen molar-refractivity contribution < 1.29 is 14.3 Å². The lowest BCUT2D eigenvalue weighted by atomic mass is 9.77. The molecule has 9 rings (SSSR count). The first-order chi connectivity index (χ1) is 25.0. The quantitative estimate of drug-likeness (QED) is 0.166. The number of aryl methyl sites for hydroxylation is 2. The number of carbonyl (C=O) groups excluding carboxylic acids is 1. The van der Waals surface area contributed by atoms with E-state index < -0.39 is 5.60 Å². The molecule has 0 unspecified atom stereocenters. The molecule has 0 aliphatic carbocycles. The fourth-order valence-electron chi connectivity index (χ4n) is 7.57. The van der Waals surface area contributed by atoms with Crippen molar-refractivity contribution in [1.82, 2.24) is 0 Å². The van der Waals surface area contributed by atoms with E-state index in [0.29, 0.717) is 17.1 Å². The van der Waals surface area contributed by atoms with E-state index in [1.807, 2.05) is 60.7 Å². The van der Waals surface area contributed by atoms with Crippen molar-refractivity contribution in [1.29, 1.82) is 0 Å². The molecular formula is C46H34N2O3. The molecule has 2 aliphatic heterocycles. The summed E-state index contributed by atoms with van der Waals surface area (Å²) in [6, 6.07) is 57.5. The second-order valence-corrected chi connectivity index (χ2v) is 13.0. The SMILES string of the molecule is Cc1ccccc1N(c1ccccc1)c1ccc2c(c1)Oc1cc(N(c3ccccc3)c3ccccc3C)ccc1C21OC(=O)c2ccccc21. The third-order valence-electron chi connectivity index (χ3n) is 9.94. The first-order valence-electron chi connectivity index (χ1n) is 17.1. The molecule has 1 spiro atoms. The van der Waals surface area contributed by atoms with Gasteiger partial charge in [0.05, 0.1) is 5.56 Å². The molecule has 51 heavy (non-hydrogen) atoms. The molecule has 246 valence electrons. The summed E-state index contributed by atoms with van der Waals surface area (Å²) < 4.78 is 13.5. The molecule has 0 bridgehead atoms. The van der Waals surface area contributed by atoms with Crippen molar-refractivity contribution in [3.8, 4) is 11.5 Å². The predicted molar refractivity (Wildman–Crippen MR) is 204 cm³/mol. The van der Waals surface area contributed by atoms with Crippen LogP contribution in [0.3, 0.4) is 0 Å². The summed E-state index contributed by atoms with van der Waals surface area (Å²) in [5.41, 5.74) is 10.0. The maximum Gasteiger partial charge on any atom is 0.340 e. The normalized spacial score (nSPS) is 13.4. The van der Waals surface area contributed by atoms with Crippen molar-refractivity contribution in [2.45, 2.75) is 19.4 Å². The number of esters is 1. The Morgan fingerprint density at radius 3 is 1.41 bits per heavy atom. The topological polar surface area (TPSA) is 42.0 Å². The van der Waals surface area contributed by atoms with Crippen LogP contribution in [0.15, 0.2) is 170 Å². The Bertz CT molecular complexity index is 2300. The van der Waals surface area contributed by atoms with Crippen LogP contribution in [0, 0.1) is 13.8 Å². The van der Waals surface area contributed by atoms with Crippen molar-refractivity contribution in [2.75, 3.05) is 9.80 Å². The molecule has 0 radical (unpaired) electrons. The van der Waals surface area contributed by atoms with Crippen LogP contribution in [0.2, 0.25) is 0 Å². The fourth-order valence-corrected chi connectivity index (χ4v) is 7.57. The lowest BCUT2D eigenvalue weighted by Gasteiger charge is -2.38. The number of para-hydroxylation sites is 4. The summed E-state index contributed by atoms with van der Waals surface area (Å²) >= 11 is 0. The molecular weight excluding hydrogens is 629 g/mol. The average molecular weight is 663 g/mol. The minimum atomic E-state index is -1.19. The van der Waals surface area contributed by atoms with E-state index in [0.717, 1.165) is 61.9 Å². The van der Waals surface area contributed by atoms with Gasteiger partial charge in [0.1, 0.15) is 11.5 Å². The number of rotatable bonds is 6. The molecule has 0 aromatic heterocycles. The van der Waals surface area contributed by atoms with Crippen LogP contribution in [-0.2, 0) is 10.3 Å². The highest BCUT2D eigenvalue weighted by Gasteiger charge is 2.53. The second kappa shape index (κ2) is 12.1. The van der Waals surface area contributed by atoms with Crippen molar-refractivity contribution in [3.05, 3.63) is 203 Å². The Labute approximate surface area is 297 Å². The molecule has 0 saturated heterocycles. The Morgan fingerprint density at radius 2 is 0.902 bits per heavy atom. The fraction of sp³-hybridized carbons (Fsp3) is 0.0652. The number of ether oxygens (including phenoxy) is 2. The number of hydrogen-bond donors (Lipinski definition) is 0. The highest BCUT2D eigenvalue weighted by Crippen LogP contribution is 2.58. The van der Waals surface area contributed by atoms with Crippen LogP contribution in [0.25, 0.3) is 0 Å². The minimum absolute atomic E-state index is 0.353. The molecule has 0 fully saturated rings. The number of benzene rings is 7. The van der Waals surface area contributed by atoms with Gasteiger partial charge in [-0.1, -0.05) is 91.0 Å². The average Bonchev–Trinajstić information content (AvgIpc) is 3.46. The largest absolute Gasteiger partial charge is 0.456 e. The Morgan fingerprint density at radius 1 is 0.451 bits per heavy atom. The van der Waals surface area contributed by atoms with Crippen LogP contribution in [0.4, 0.5) is 34.1 Å². The molecule has 2 aliphatic rings. The maximum atomic E-state index is 13.6. The zero-order valence-corrected chi connectivity index (χ0v) is 28.3. The number of carbonyl (C=O) groups is 1. The van der Waals surface area contributed by atoms with Gasteiger partial charge >= 0.3 is 5.97 Å². The maximum absolute atomic E-state index is 13.6. The van der Waals surface area contributed by atoms with E-state index in [-0.39, 0.29) is 5.97 Å². The summed E-state index contributed by atoms with van der Waals surface area (Å²) in [4.78, 5) is 18.1.